The van der Waals surface area contributed by atoms with E-state index < -0.39 is 11.9 Å². The molecule has 1 aromatic carbocycles. The lowest BCUT2D eigenvalue weighted by Crippen LogP contribution is -2.13. The molecule has 5 heteroatoms. The molecule has 1 heterocycles. The van der Waals surface area contributed by atoms with Crippen molar-refractivity contribution in [1.29, 1.82) is 0 Å². The Morgan fingerprint density at radius 2 is 2.35 bits per heavy atom. The SMILES string of the molecule is CCOC(=O)Nc1cc(F)cc2cnccc12. The number of fused-ring (bicyclic) bond motifs is 1. The summed E-state index contributed by atoms with van der Waals surface area (Å²) in [6.07, 6.45) is 2.52. The lowest BCUT2D eigenvalue weighted by molar-refractivity contribution is 0.168. The lowest BCUT2D eigenvalue weighted by atomic mass is 10.1. The first kappa shape index (κ1) is 11.3. The molecule has 0 aliphatic rings. The summed E-state index contributed by atoms with van der Waals surface area (Å²) in [6.45, 7) is 1.97. The number of pyridine rings is 1. The van der Waals surface area contributed by atoms with Crippen LogP contribution in [0.1, 0.15) is 6.92 Å². The van der Waals surface area contributed by atoms with Gasteiger partial charge in [0.2, 0.25) is 0 Å². The molecule has 0 saturated heterocycles. The van der Waals surface area contributed by atoms with Crippen LogP contribution in [-0.2, 0) is 4.74 Å². The van der Waals surface area contributed by atoms with Crippen molar-refractivity contribution in [3.8, 4) is 0 Å². The van der Waals surface area contributed by atoms with Crippen LogP contribution in [-0.4, -0.2) is 17.7 Å². The van der Waals surface area contributed by atoms with Crippen molar-refractivity contribution in [3.63, 3.8) is 0 Å². The number of aromatic nitrogens is 1. The van der Waals surface area contributed by atoms with E-state index in [1.807, 2.05) is 0 Å². The number of hydrogen-bond acceptors (Lipinski definition) is 3. The van der Waals surface area contributed by atoms with Gasteiger partial charge >= 0.3 is 6.09 Å². The number of anilines is 1. The molecule has 2 aromatic rings. The molecule has 1 N–H and O–H groups in total. The normalized spacial score (nSPS) is 10.2. The molecule has 0 bridgehead atoms. The van der Waals surface area contributed by atoms with E-state index in [1.54, 1.807) is 19.2 Å². The van der Waals surface area contributed by atoms with Gasteiger partial charge in [0, 0.05) is 23.2 Å². The third-order valence-electron chi connectivity index (χ3n) is 2.23. The largest absolute Gasteiger partial charge is 0.450 e. The van der Waals surface area contributed by atoms with Gasteiger partial charge in [-0.1, -0.05) is 0 Å². The van der Waals surface area contributed by atoms with Crippen molar-refractivity contribution in [1.82, 2.24) is 4.98 Å². The molecule has 0 aliphatic heterocycles. The fourth-order valence-electron chi connectivity index (χ4n) is 1.55. The van der Waals surface area contributed by atoms with Crippen LogP contribution in [0.25, 0.3) is 10.8 Å². The first-order valence-electron chi connectivity index (χ1n) is 5.17. The van der Waals surface area contributed by atoms with Gasteiger partial charge in [-0.2, -0.15) is 0 Å². The molecule has 4 nitrogen and oxygen atoms in total. The number of nitrogens with zero attached hydrogens (tertiary/aromatic N) is 1. The highest BCUT2D eigenvalue weighted by molar-refractivity contribution is 5.99. The predicted octanol–water partition coefficient (Wildman–Crippen LogP) is 2.94. The topological polar surface area (TPSA) is 51.2 Å². The number of benzene rings is 1. The monoisotopic (exact) mass is 234 g/mol. The number of ether oxygens (including phenoxy) is 1. The molecular weight excluding hydrogens is 223 g/mol. The van der Waals surface area contributed by atoms with Gasteiger partial charge in [-0.3, -0.25) is 10.3 Å². The Kier molecular flexibility index (Phi) is 3.18. The van der Waals surface area contributed by atoms with E-state index >= 15 is 0 Å². The van der Waals surface area contributed by atoms with E-state index in [-0.39, 0.29) is 6.61 Å². The Balaban J connectivity index is 2.42. The molecule has 0 saturated carbocycles. The van der Waals surface area contributed by atoms with Gasteiger partial charge < -0.3 is 4.74 Å². The Bertz CT molecular complexity index is 557. The van der Waals surface area contributed by atoms with Crippen molar-refractivity contribution in [3.05, 3.63) is 36.4 Å². The Morgan fingerprint density at radius 3 is 3.12 bits per heavy atom. The molecular formula is C12H11FN2O2. The molecule has 0 aliphatic carbocycles. The summed E-state index contributed by atoms with van der Waals surface area (Å²) in [4.78, 5) is 15.2. The third-order valence-corrected chi connectivity index (χ3v) is 2.23. The minimum atomic E-state index is -0.601. The van der Waals surface area contributed by atoms with E-state index in [9.17, 15) is 9.18 Å². The summed E-state index contributed by atoms with van der Waals surface area (Å²) < 4.78 is 18.1. The minimum Gasteiger partial charge on any atom is -0.450 e. The summed E-state index contributed by atoms with van der Waals surface area (Å²) in [5.74, 6) is -0.433. The number of carbonyl (C=O) groups is 1. The lowest BCUT2D eigenvalue weighted by Gasteiger charge is -2.08. The van der Waals surface area contributed by atoms with Crippen molar-refractivity contribution < 1.29 is 13.9 Å². The van der Waals surface area contributed by atoms with Crippen LogP contribution in [0.5, 0.6) is 0 Å². The summed E-state index contributed by atoms with van der Waals surface area (Å²) in [5, 5.41) is 3.84. The van der Waals surface area contributed by atoms with Gasteiger partial charge in [0.15, 0.2) is 0 Å². The highest BCUT2D eigenvalue weighted by Crippen LogP contribution is 2.24. The van der Waals surface area contributed by atoms with Gasteiger partial charge in [-0.15, -0.1) is 0 Å². The van der Waals surface area contributed by atoms with Gasteiger partial charge in [0.25, 0.3) is 0 Å². The molecule has 17 heavy (non-hydrogen) atoms. The van der Waals surface area contributed by atoms with Gasteiger partial charge in [-0.05, 0) is 25.1 Å². The second-order valence-corrected chi connectivity index (χ2v) is 3.40. The van der Waals surface area contributed by atoms with Gasteiger partial charge in [0.05, 0.1) is 12.3 Å². The Morgan fingerprint density at radius 1 is 1.53 bits per heavy atom. The molecule has 0 radical (unpaired) electrons. The number of halogens is 1. The molecule has 0 unspecified atom stereocenters. The summed E-state index contributed by atoms with van der Waals surface area (Å²) in [6, 6.07) is 4.31. The first-order valence-corrected chi connectivity index (χ1v) is 5.17. The zero-order chi connectivity index (χ0) is 12.3. The van der Waals surface area contributed by atoms with Crippen LogP contribution in [0.4, 0.5) is 14.9 Å². The number of nitrogens with one attached hydrogen (secondary N) is 1. The number of amides is 1. The van der Waals surface area contributed by atoms with Crippen molar-refractivity contribution in [2.75, 3.05) is 11.9 Å². The smallest absolute Gasteiger partial charge is 0.411 e. The molecule has 2 rings (SSSR count). The molecule has 1 aromatic heterocycles. The summed E-state index contributed by atoms with van der Waals surface area (Å²) in [7, 11) is 0. The predicted molar refractivity (Wildman–Crippen MR) is 62.3 cm³/mol. The molecule has 0 fully saturated rings. The minimum absolute atomic E-state index is 0.265. The van der Waals surface area contributed by atoms with Gasteiger partial charge in [-0.25, -0.2) is 9.18 Å². The van der Waals surface area contributed by atoms with Crippen LogP contribution in [0, 0.1) is 5.82 Å². The van der Waals surface area contributed by atoms with E-state index in [1.165, 1.54) is 18.3 Å². The first-order chi connectivity index (χ1) is 8.20. The van der Waals surface area contributed by atoms with Crippen LogP contribution in [0.2, 0.25) is 0 Å². The Labute approximate surface area is 97.4 Å². The Hall–Kier alpha value is -2.17. The maximum atomic E-state index is 13.3. The van der Waals surface area contributed by atoms with Crippen LogP contribution < -0.4 is 5.32 Å². The van der Waals surface area contributed by atoms with Crippen molar-refractivity contribution >= 4 is 22.6 Å². The average Bonchev–Trinajstić information content (AvgIpc) is 2.29. The van der Waals surface area contributed by atoms with Crippen LogP contribution >= 0.6 is 0 Å². The maximum absolute atomic E-state index is 13.3. The maximum Gasteiger partial charge on any atom is 0.411 e. The molecule has 0 atom stereocenters. The summed E-state index contributed by atoms with van der Waals surface area (Å²) in [5.41, 5.74) is 0.376. The number of hydrogen-bond donors (Lipinski definition) is 1. The van der Waals surface area contributed by atoms with E-state index in [4.69, 9.17) is 4.74 Å². The quantitative estimate of drug-likeness (QED) is 0.869. The van der Waals surface area contributed by atoms with Crippen molar-refractivity contribution in [2.45, 2.75) is 6.92 Å². The van der Waals surface area contributed by atoms with E-state index in [2.05, 4.69) is 10.3 Å². The zero-order valence-corrected chi connectivity index (χ0v) is 9.24. The van der Waals surface area contributed by atoms with Crippen LogP contribution in [0.3, 0.4) is 0 Å². The standard InChI is InChI=1S/C12H11FN2O2/c1-2-17-12(16)15-11-6-9(13)5-8-7-14-4-3-10(8)11/h3-7H,2H2,1H3,(H,15,16). The second-order valence-electron chi connectivity index (χ2n) is 3.40. The third kappa shape index (κ3) is 2.50. The number of carbonyl (C=O) groups excluding carboxylic acids is 1. The number of rotatable bonds is 2. The molecule has 0 spiro atoms. The zero-order valence-electron chi connectivity index (χ0n) is 9.24. The highest BCUT2D eigenvalue weighted by Gasteiger charge is 2.08. The summed E-state index contributed by atoms with van der Waals surface area (Å²) >= 11 is 0. The van der Waals surface area contributed by atoms with E-state index in [0.717, 1.165) is 5.39 Å². The van der Waals surface area contributed by atoms with Crippen molar-refractivity contribution in [2.24, 2.45) is 0 Å². The average molecular weight is 234 g/mol. The van der Waals surface area contributed by atoms with E-state index in [0.29, 0.717) is 11.1 Å². The van der Waals surface area contributed by atoms with Gasteiger partial charge in [0.1, 0.15) is 5.82 Å². The second kappa shape index (κ2) is 4.78. The van der Waals surface area contributed by atoms with Crippen LogP contribution in [0.15, 0.2) is 30.6 Å². The fraction of sp³-hybridized carbons (Fsp3) is 0.167. The fourth-order valence-corrected chi connectivity index (χ4v) is 1.55. The molecule has 88 valence electrons. The molecule has 1 amide bonds. The highest BCUT2D eigenvalue weighted by atomic mass is 19.1.